The van der Waals surface area contributed by atoms with Gasteiger partial charge in [-0.1, -0.05) is 61.5 Å². The lowest BCUT2D eigenvalue weighted by molar-refractivity contribution is 0.0951. The van der Waals surface area contributed by atoms with Crippen molar-refractivity contribution in [2.24, 2.45) is 0 Å². The fraction of sp³-hybridized carbons (Fsp3) is 0.235. The summed E-state index contributed by atoms with van der Waals surface area (Å²) in [7, 11) is 1.69. The van der Waals surface area contributed by atoms with Crippen LogP contribution < -0.4 is 30.5 Å². The quantitative estimate of drug-likeness (QED) is 0.227. The highest BCUT2D eigenvalue weighted by Crippen LogP contribution is 2.31. The van der Waals surface area contributed by atoms with Gasteiger partial charge in [0.1, 0.15) is 5.75 Å². The topological polar surface area (TPSA) is 85.9 Å². The summed E-state index contributed by atoms with van der Waals surface area (Å²) < 4.78 is 5.57. The number of urea groups is 1. The third kappa shape index (κ3) is 7.01. The summed E-state index contributed by atoms with van der Waals surface area (Å²) in [5.41, 5.74) is 5.87. The van der Waals surface area contributed by atoms with E-state index in [2.05, 4.69) is 38.7 Å². The minimum Gasteiger partial charge on any atom is -0.495 e. The molecule has 0 spiro atoms. The smallest absolute Gasteiger partial charge is 0.323 e. The highest BCUT2D eigenvalue weighted by atomic mass is 16.5. The van der Waals surface area contributed by atoms with Gasteiger partial charge in [-0.2, -0.15) is 0 Å². The van der Waals surface area contributed by atoms with Crippen molar-refractivity contribution in [3.8, 4) is 5.75 Å². The van der Waals surface area contributed by atoms with E-state index >= 15 is 0 Å². The van der Waals surface area contributed by atoms with E-state index in [1.807, 2.05) is 84.9 Å². The average Bonchev–Trinajstić information content (AvgIpc) is 3.04. The van der Waals surface area contributed by atoms with E-state index in [9.17, 15) is 9.59 Å². The summed E-state index contributed by atoms with van der Waals surface area (Å²) in [6.07, 6.45) is 0.934. The van der Waals surface area contributed by atoms with Crippen molar-refractivity contribution in [2.45, 2.75) is 19.9 Å². The summed E-state index contributed by atoms with van der Waals surface area (Å²) >= 11 is 0. The number of rotatable bonds is 9. The predicted octanol–water partition coefficient (Wildman–Crippen LogP) is 6.16. The first kappa shape index (κ1) is 28.5. The average molecular weight is 564 g/mol. The second-order valence-electron chi connectivity index (χ2n) is 10.2. The van der Waals surface area contributed by atoms with Gasteiger partial charge >= 0.3 is 6.03 Å². The lowest BCUT2D eigenvalue weighted by Gasteiger charge is -2.38. The Labute approximate surface area is 247 Å². The van der Waals surface area contributed by atoms with E-state index in [0.29, 0.717) is 23.5 Å². The lowest BCUT2D eigenvalue weighted by atomic mass is 10.1. The van der Waals surface area contributed by atoms with Crippen molar-refractivity contribution in [2.75, 3.05) is 53.7 Å². The number of amides is 3. The number of ether oxygens (including phenoxy) is 1. The molecular formula is C34H37N5O3. The molecule has 0 radical (unpaired) electrons. The number of benzene rings is 4. The molecule has 216 valence electrons. The van der Waals surface area contributed by atoms with Gasteiger partial charge in [0, 0.05) is 49.8 Å². The Kier molecular flexibility index (Phi) is 9.23. The van der Waals surface area contributed by atoms with Gasteiger partial charge in [0.05, 0.1) is 18.4 Å². The highest BCUT2D eigenvalue weighted by molar-refractivity contribution is 6.04. The third-order valence-corrected chi connectivity index (χ3v) is 7.46. The number of aryl methyl sites for hydroxylation is 1. The molecule has 0 aromatic heterocycles. The Morgan fingerprint density at radius 1 is 0.714 bits per heavy atom. The molecule has 0 unspecified atom stereocenters. The van der Waals surface area contributed by atoms with Crippen molar-refractivity contribution in [1.29, 1.82) is 0 Å². The summed E-state index contributed by atoms with van der Waals surface area (Å²) in [4.78, 5) is 30.9. The van der Waals surface area contributed by atoms with Crippen LogP contribution in [-0.4, -0.2) is 45.2 Å². The zero-order valence-corrected chi connectivity index (χ0v) is 24.1. The van der Waals surface area contributed by atoms with Gasteiger partial charge in [0.15, 0.2) is 0 Å². The van der Waals surface area contributed by atoms with Crippen LogP contribution in [0, 0.1) is 0 Å². The zero-order chi connectivity index (χ0) is 29.3. The molecule has 3 amide bonds. The maximum absolute atomic E-state index is 13.5. The van der Waals surface area contributed by atoms with Crippen LogP contribution in [0.2, 0.25) is 0 Å². The largest absolute Gasteiger partial charge is 0.495 e. The van der Waals surface area contributed by atoms with Gasteiger partial charge in [-0.3, -0.25) is 4.79 Å². The fourth-order valence-electron chi connectivity index (χ4n) is 5.14. The lowest BCUT2D eigenvalue weighted by Crippen LogP contribution is -2.47. The second-order valence-corrected chi connectivity index (χ2v) is 10.2. The third-order valence-electron chi connectivity index (χ3n) is 7.46. The fourth-order valence-corrected chi connectivity index (χ4v) is 5.14. The van der Waals surface area contributed by atoms with Crippen molar-refractivity contribution in [3.05, 3.63) is 114 Å². The molecule has 1 aliphatic rings. The molecular weight excluding hydrogens is 526 g/mol. The molecule has 5 rings (SSSR count). The van der Waals surface area contributed by atoms with E-state index in [0.717, 1.165) is 55.3 Å². The van der Waals surface area contributed by atoms with Crippen LogP contribution in [0.5, 0.6) is 5.75 Å². The van der Waals surface area contributed by atoms with Crippen LogP contribution in [0.15, 0.2) is 97.1 Å². The van der Waals surface area contributed by atoms with Crippen molar-refractivity contribution in [1.82, 2.24) is 5.32 Å². The minimum atomic E-state index is -0.368. The Morgan fingerprint density at radius 2 is 1.33 bits per heavy atom. The Bertz CT molecular complexity index is 1500. The van der Waals surface area contributed by atoms with Gasteiger partial charge in [0.25, 0.3) is 5.91 Å². The first-order chi connectivity index (χ1) is 20.5. The molecule has 1 saturated heterocycles. The first-order valence-electron chi connectivity index (χ1n) is 14.3. The molecule has 8 nitrogen and oxygen atoms in total. The van der Waals surface area contributed by atoms with Crippen LogP contribution >= 0.6 is 0 Å². The van der Waals surface area contributed by atoms with Crippen LogP contribution in [0.4, 0.5) is 27.5 Å². The van der Waals surface area contributed by atoms with Gasteiger partial charge < -0.3 is 30.5 Å². The Morgan fingerprint density at radius 3 is 2.02 bits per heavy atom. The van der Waals surface area contributed by atoms with Crippen LogP contribution in [0.3, 0.4) is 0 Å². The summed E-state index contributed by atoms with van der Waals surface area (Å²) in [6.45, 7) is 5.53. The number of para-hydroxylation sites is 2. The molecule has 8 heteroatoms. The number of nitrogens with one attached hydrogen (secondary N) is 3. The maximum Gasteiger partial charge on any atom is 0.323 e. The maximum atomic E-state index is 13.5. The zero-order valence-electron chi connectivity index (χ0n) is 24.1. The number of anilines is 4. The molecule has 1 heterocycles. The first-order valence-corrected chi connectivity index (χ1v) is 14.3. The summed E-state index contributed by atoms with van der Waals surface area (Å²) in [6, 6.07) is 30.7. The molecule has 4 aromatic carbocycles. The minimum absolute atomic E-state index is 0.194. The standard InChI is InChI=1S/C34H37N5O3/c1-3-25-13-15-27(16-14-25)36-34(41)37-28-17-18-30(29(23-28)33(40)35-24-26-9-5-4-6-10-26)38-19-21-39(22-20-38)31-11-7-8-12-32(31)42-2/h4-18,23H,3,19-22,24H2,1-2H3,(H,35,40)(H2,36,37,41). The number of nitrogens with zero attached hydrogens (tertiary/aromatic N) is 2. The number of hydrogen-bond donors (Lipinski definition) is 3. The molecule has 0 atom stereocenters. The molecule has 42 heavy (non-hydrogen) atoms. The van der Waals surface area contributed by atoms with E-state index in [4.69, 9.17) is 4.74 Å². The number of carbonyl (C=O) groups excluding carboxylic acids is 2. The van der Waals surface area contributed by atoms with Crippen LogP contribution in [-0.2, 0) is 13.0 Å². The summed E-state index contributed by atoms with van der Waals surface area (Å²) in [5.74, 6) is 0.655. The SMILES string of the molecule is CCc1ccc(NC(=O)Nc2ccc(N3CCN(c4ccccc4OC)CC3)c(C(=O)NCc3ccccc3)c2)cc1. The van der Waals surface area contributed by atoms with Gasteiger partial charge in [-0.25, -0.2) is 4.79 Å². The van der Waals surface area contributed by atoms with E-state index < -0.39 is 0 Å². The second kappa shape index (κ2) is 13.6. The Balaban J connectivity index is 1.32. The van der Waals surface area contributed by atoms with Crippen LogP contribution in [0.1, 0.15) is 28.4 Å². The normalized spacial score (nSPS) is 12.9. The van der Waals surface area contributed by atoms with Crippen molar-refractivity contribution >= 4 is 34.7 Å². The molecule has 0 aliphatic carbocycles. The summed E-state index contributed by atoms with van der Waals surface area (Å²) in [5, 5.41) is 8.81. The number of hydrogen-bond acceptors (Lipinski definition) is 5. The molecule has 3 N–H and O–H groups in total. The van der Waals surface area contributed by atoms with Gasteiger partial charge in [-0.15, -0.1) is 0 Å². The van der Waals surface area contributed by atoms with Crippen molar-refractivity contribution < 1.29 is 14.3 Å². The van der Waals surface area contributed by atoms with E-state index in [-0.39, 0.29) is 11.9 Å². The Hall–Kier alpha value is -4.98. The number of carbonyl (C=O) groups is 2. The van der Waals surface area contributed by atoms with E-state index in [1.165, 1.54) is 5.56 Å². The molecule has 1 fully saturated rings. The molecule has 0 bridgehead atoms. The number of methoxy groups -OCH3 is 1. The van der Waals surface area contributed by atoms with Crippen LogP contribution in [0.25, 0.3) is 0 Å². The molecule has 0 saturated carbocycles. The monoisotopic (exact) mass is 563 g/mol. The highest BCUT2D eigenvalue weighted by Gasteiger charge is 2.24. The molecule has 1 aliphatic heterocycles. The molecule has 4 aromatic rings. The van der Waals surface area contributed by atoms with Gasteiger partial charge in [0.2, 0.25) is 0 Å². The number of piperazine rings is 1. The van der Waals surface area contributed by atoms with Crippen molar-refractivity contribution in [3.63, 3.8) is 0 Å². The van der Waals surface area contributed by atoms with E-state index in [1.54, 1.807) is 13.2 Å². The predicted molar refractivity (Wildman–Crippen MR) is 170 cm³/mol. The van der Waals surface area contributed by atoms with Gasteiger partial charge in [-0.05, 0) is 60.0 Å².